The van der Waals surface area contributed by atoms with Crippen molar-refractivity contribution in [2.45, 2.75) is 19.8 Å². The van der Waals surface area contributed by atoms with Gasteiger partial charge < -0.3 is 14.8 Å². The molecule has 0 saturated heterocycles. The SMILES string of the molecule is CCCc1ccc(C(=O)COC(=O)CNC(=O)c2cccc(OC)c2)cc1. The molecule has 0 bridgehead atoms. The quantitative estimate of drug-likeness (QED) is 0.543. The molecule has 1 N–H and O–H groups in total. The van der Waals surface area contributed by atoms with Gasteiger partial charge in [-0.25, -0.2) is 0 Å². The van der Waals surface area contributed by atoms with E-state index in [9.17, 15) is 14.4 Å². The van der Waals surface area contributed by atoms with Gasteiger partial charge in [0.1, 0.15) is 12.3 Å². The van der Waals surface area contributed by atoms with Crippen molar-refractivity contribution in [2.24, 2.45) is 0 Å². The number of nitrogens with one attached hydrogen (secondary N) is 1. The van der Waals surface area contributed by atoms with E-state index in [1.807, 2.05) is 12.1 Å². The first kappa shape index (κ1) is 20.2. The van der Waals surface area contributed by atoms with Crippen LogP contribution in [0.5, 0.6) is 5.75 Å². The number of carbonyl (C=O) groups excluding carboxylic acids is 3. The predicted octanol–water partition coefficient (Wildman–Crippen LogP) is 2.80. The fourth-order valence-electron chi connectivity index (χ4n) is 2.45. The number of benzene rings is 2. The molecule has 0 unspecified atom stereocenters. The fraction of sp³-hybridized carbons (Fsp3) is 0.286. The summed E-state index contributed by atoms with van der Waals surface area (Å²) in [4.78, 5) is 35.9. The van der Waals surface area contributed by atoms with E-state index in [1.54, 1.807) is 36.4 Å². The number of ether oxygens (including phenoxy) is 2. The number of esters is 1. The van der Waals surface area contributed by atoms with Gasteiger partial charge in [0.25, 0.3) is 5.91 Å². The molecule has 142 valence electrons. The number of aryl methyl sites for hydroxylation is 1. The number of rotatable bonds is 9. The Morgan fingerprint density at radius 2 is 1.74 bits per heavy atom. The van der Waals surface area contributed by atoms with Gasteiger partial charge in [0.05, 0.1) is 7.11 Å². The Kier molecular flexibility index (Phi) is 7.55. The van der Waals surface area contributed by atoms with Crippen LogP contribution in [0.25, 0.3) is 0 Å². The van der Waals surface area contributed by atoms with E-state index in [2.05, 4.69) is 12.2 Å². The summed E-state index contributed by atoms with van der Waals surface area (Å²) < 4.78 is 9.99. The minimum absolute atomic E-state index is 0.287. The van der Waals surface area contributed by atoms with E-state index in [0.717, 1.165) is 18.4 Å². The predicted molar refractivity (Wildman–Crippen MR) is 101 cm³/mol. The first-order chi connectivity index (χ1) is 13.0. The number of hydrogen-bond donors (Lipinski definition) is 1. The standard InChI is InChI=1S/C21H23NO5/c1-3-5-15-8-10-16(11-9-15)19(23)14-27-20(24)13-22-21(25)17-6-4-7-18(12-17)26-2/h4,6-12H,3,5,13-14H2,1-2H3,(H,22,25). The van der Waals surface area contributed by atoms with E-state index in [4.69, 9.17) is 9.47 Å². The van der Waals surface area contributed by atoms with Gasteiger partial charge in [-0.15, -0.1) is 0 Å². The second-order valence-electron chi connectivity index (χ2n) is 5.95. The van der Waals surface area contributed by atoms with Crippen molar-refractivity contribution in [2.75, 3.05) is 20.3 Å². The maximum Gasteiger partial charge on any atom is 0.325 e. The van der Waals surface area contributed by atoms with Crippen molar-refractivity contribution in [3.8, 4) is 5.75 Å². The molecule has 0 aliphatic carbocycles. The third-order valence-electron chi connectivity index (χ3n) is 3.90. The Morgan fingerprint density at radius 3 is 2.41 bits per heavy atom. The van der Waals surface area contributed by atoms with Crippen LogP contribution in [0.4, 0.5) is 0 Å². The highest BCUT2D eigenvalue weighted by Gasteiger charge is 2.12. The summed E-state index contributed by atoms with van der Waals surface area (Å²) >= 11 is 0. The topological polar surface area (TPSA) is 81.7 Å². The van der Waals surface area contributed by atoms with Crippen LogP contribution in [0, 0.1) is 0 Å². The van der Waals surface area contributed by atoms with Crippen molar-refractivity contribution >= 4 is 17.7 Å². The van der Waals surface area contributed by atoms with Crippen LogP contribution in [-0.2, 0) is 16.0 Å². The van der Waals surface area contributed by atoms with E-state index < -0.39 is 11.9 Å². The average Bonchev–Trinajstić information content (AvgIpc) is 2.71. The van der Waals surface area contributed by atoms with Crippen molar-refractivity contribution in [1.29, 1.82) is 0 Å². The molecular weight excluding hydrogens is 346 g/mol. The van der Waals surface area contributed by atoms with E-state index in [-0.39, 0.29) is 18.9 Å². The van der Waals surface area contributed by atoms with Gasteiger partial charge >= 0.3 is 5.97 Å². The van der Waals surface area contributed by atoms with Crippen LogP contribution in [0.3, 0.4) is 0 Å². The number of ketones is 1. The lowest BCUT2D eigenvalue weighted by molar-refractivity contribution is -0.141. The molecule has 2 aromatic rings. The van der Waals surface area contributed by atoms with E-state index >= 15 is 0 Å². The first-order valence-electron chi connectivity index (χ1n) is 8.73. The van der Waals surface area contributed by atoms with Gasteiger partial charge in [-0.3, -0.25) is 14.4 Å². The number of Topliss-reactive ketones (excluding diaryl/α,β-unsaturated/α-hetero) is 1. The van der Waals surface area contributed by atoms with Gasteiger partial charge in [0.15, 0.2) is 12.4 Å². The zero-order chi connectivity index (χ0) is 19.6. The Bertz CT molecular complexity index is 798. The molecule has 0 fully saturated rings. The second kappa shape index (κ2) is 10.1. The molecule has 0 aliphatic rings. The molecule has 0 aliphatic heterocycles. The molecule has 0 radical (unpaired) electrons. The fourth-order valence-corrected chi connectivity index (χ4v) is 2.45. The van der Waals surface area contributed by atoms with Crippen LogP contribution in [0.1, 0.15) is 39.6 Å². The Morgan fingerprint density at radius 1 is 1.00 bits per heavy atom. The molecule has 0 spiro atoms. The lowest BCUT2D eigenvalue weighted by atomic mass is 10.1. The van der Waals surface area contributed by atoms with Crippen molar-refractivity contribution in [3.63, 3.8) is 0 Å². The lowest BCUT2D eigenvalue weighted by Gasteiger charge is -2.07. The molecule has 0 atom stereocenters. The summed E-state index contributed by atoms with van der Waals surface area (Å²) in [6, 6.07) is 13.8. The van der Waals surface area contributed by atoms with Crippen LogP contribution in [0.15, 0.2) is 48.5 Å². The third-order valence-corrected chi connectivity index (χ3v) is 3.90. The zero-order valence-electron chi connectivity index (χ0n) is 15.5. The highest BCUT2D eigenvalue weighted by Crippen LogP contribution is 2.12. The highest BCUT2D eigenvalue weighted by atomic mass is 16.5. The first-order valence-corrected chi connectivity index (χ1v) is 8.73. The average molecular weight is 369 g/mol. The third kappa shape index (κ3) is 6.26. The highest BCUT2D eigenvalue weighted by molar-refractivity contribution is 5.99. The maximum atomic E-state index is 12.1. The summed E-state index contributed by atoms with van der Waals surface area (Å²) in [6.07, 6.45) is 1.99. The minimum Gasteiger partial charge on any atom is -0.497 e. The molecular formula is C21H23NO5. The number of hydrogen-bond acceptors (Lipinski definition) is 5. The number of methoxy groups -OCH3 is 1. The molecule has 0 heterocycles. The summed E-state index contributed by atoms with van der Waals surface area (Å²) in [5.74, 6) is -0.850. The van der Waals surface area contributed by atoms with E-state index in [0.29, 0.717) is 16.9 Å². The van der Waals surface area contributed by atoms with Crippen LogP contribution in [0.2, 0.25) is 0 Å². The molecule has 6 heteroatoms. The minimum atomic E-state index is -0.679. The smallest absolute Gasteiger partial charge is 0.325 e. The normalized spacial score (nSPS) is 10.1. The number of carbonyl (C=O) groups is 3. The molecule has 0 aromatic heterocycles. The molecule has 2 aromatic carbocycles. The van der Waals surface area contributed by atoms with Gasteiger partial charge in [0.2, 0.25) is 0 Å². The second-order valence-corrected chi connectivity index (χ2v) is 5.95. The number of amides is 1. The lowest BCUT2D eigenvalue weighted by Crippen LogP contribution is -2.31. The summed E-state index contributed by atoms with van der Waals surface area (Å²) in [5.41, 5.74) is 2.01. The van der Waals surface area contributed by atoms with Crippen LogP contribution < -0.4 is 10.1 Å². The molecule has 6 nitrogen and oxygen atoms in total. The molecule has 0 saturated carbocycles. The van der Waals surface area contributed by atoms with Crippen LogP contribution >= 0.6 is 0 Å². The largest absolute Gasteiger partial charge is 0.497 e. The molecule has 27 heavy (non-hydrogen) atoms. The van der Waals surface area contributed by atoms with Crippen molar-refractivity contribution < 1.29 is 23.9 Å². The summed E-state index contributed by atoms with van der Waals surface area (Å²) in [5, 5.41) is 2.45. The maximum absolute atomic E-state index is 12.1. The molecule has 1 amide bonds. The van der Waals surface area contributed by atoms with Gasteiger partial charge in [-0.05, 0) is 30.2 Å². The monoisotopic (exact) mass is 369 g/mol. The van der Waals surface area contributed by atoms with Gasteiger partial charge in [-0.1, -0.05) is 43.7 Å². The van der Waals surface area contributed by atoms with Crippen molar-refractivity contribution in [3.05, 3.63) is 65.2 Å². The van der Waals surface area contributed by atoms with Crippen molar-refractivity contribution in [1.82, 2.24) is 5.32 Å². The summed E-state index contributed by atoms with van der Waals surface area (Å²) in [7, 11) is 1.50. The van der Waals surface area contributed by atoms with Gasteiger partial charge in [0, 0.05) is 11.1 Å². The molecule has 2 rings (SSSR count). The Balaban J connectivity index is 1.78. The Hall–Kier alpha value is -3.15. The zero-order valence-corrected chi connectivity index (χ0v) is 15.5. The van der Waals surface area contributed by atoms with E-state index in [1.165, 1.54) is 7.11 Å². The van der Waals surface area contributed by atoms with Gasteiger partial charge in [-0.2, -0.15) is 0 Å². The Labute approximate surface area is 158 Å². The van der Waals surface area contributed by atoms with Crippen LogP contribution in [-0.4, -0.2) is 37.9 Å². The summed E-state index contributed by atoms with van der Waals surface area (Å²) in [6.45, 7) is 1.41.